The largest absolute Gasteiger partial charge is 0.425 e. The summed E-state index contributed by atoms with van der Waals surface area (Å²) in [5.74, 6) is 3.58. The Balaban J connectivity index is 1.18. The van der Waals surface area contributed by atoms with Gasteiger partial charge in [0.25, 0.3) is 0 Å². The third-order valence-electron chi connectivity index (χ3n) is 6.19. The highest BCUT2D eigenvalue weighted by Crippen LogP contribution is 2.44. The monoisotopic (exact) mass is 331 g/mol. The van der Waals surface area contributed by atoms with Crippen LogP contribution in [0.25, 0.3) is 0 Å². The molecule has 1 N–H and O–H groups in total. The summed E-state index contributed by atoms with van der Waals surface area (Å²) < 4.78 is 5.75. The van der Waals surface area contributed by atoms with E-state index in [-0.39, 0.29) is 5.91 Å². The van der Waals surface area contributed by atoms with Crippen molar-refractivity contribution in [2.45, 2.75) is 89.0 Å². The van der Waals surface area contributed by atoms with Crippen LogP contribution in [0.5, 0.6) is 0 Å². The number of carbonyl (C=O) groups is 1. The molecule has 24 heavy (non-hydrogen) atoms. The van der Waals surface area contributed by atoms with Crippen LogP contribution in [-0.2, 0) is 11.2 Å². The van der Waals surface area contributed by atoms with E-state index in [4.69, 9.17) is 4.42 Å². The van der Waals surface area contributed by atoms with E-state index in [1.807, 2.05) is 0 Å². The molecule has 3 saturated carbocycles. The molecule has 0 spiro atoms. The quantitative estimate of drug-likeness (QED) is 0.862. The maximum Gasteiger partial charge on any atom is 0.220 e. The molecule has 132 valence electrons. The lowest BCUT2D eigenvalue weighted by Gasteiger charge is -2.21. The van der Waals surface area contributed by atoms with Crippen LogP contribution in [0, 0.1) is 11.8 Å². The highest BCUT2D eigenvalue weighted by atomic mass is 16.4. The number of hydrogen-bond donors (Lipinski definition) is 1. The molecule has 5 nitrogen and oxygen atoms in total. The Morgan fingerprint density at radius 1 is 1.04 bits per heavy atom. The first-order valence-electron chi connectivity index (χ1n) is 9.91. The van der Waals surface area contributed by atoms with E-state index >= 15 is 0 Å². The van der Waals surface area contributed by atoms with Gasteiger partial charge in [0, 0.05) is 24.8 Å². The van der Waals surface area contributed by atoms with Gasteiger partial charge in [-0.3, -0.25) is 4.79 Å². The lowest BCUT2D eigenvalue weighted by atomic mass is 9.85. The first kappa shape index (κ1) is 16.1. The molecule has 3 aliphatic rings. The summed E-state index contributed by atoms with van der Waals surface area (Å²) in [6.45, 7) is 0. The standard InChI is InChI=1S/C19H29N3O2/c23-17(20-16-12-15(16)13-6-2-1-3-7-13)10-11-18-21-22-19(24-18)14-8-4-5-9-14/h13-16H,1-12H2,(H,20,23)/t15-,16+/m0/s1. The van der Waals surface area contributed by atoms with Crippen LogP contribution >= 0.6 is 0 Å². The van der Waals surface area contributed by atoms with Crippen molar-refractivity contribution >= 4 is 5.91 Å². The fraction of sp³-hybridized carbons (Fsp3) is 0.842. The Morgan fingerprint density at radius 2 is 1.79 bits per heavy atom. The Hall–Kier alpha value is -1.39. The van der Waals surface area contributed by atoms with Gasteiger partial charge in [-0.15, -0.1) is 10.2 Å². The highest BCUT2D eigenvalue weighted by molar-refractivity contribution is 5.76. The minimum atomic E-state index is 0.138. The average molecular weight is 331 g/mol. The van der Waals surface area contributed by atoms with Crippen LogP contribution in [0.3, 0.4) is 0 Å². The number of amides is 1. The third-order valence-corrected chi connectivity index (χ3v) is 6.19. The smallest absolute Gasteiger partial charge is 0.220 e. The Bertz CT molecular complexity index is 559. The number of nitrogens with one attached hydrogen (secondary N) is 1. The van der Waals surface area contributed by atoms with Crippen LogP contribution < -0.4 is 5.32 Å². The summed E-state index contributed by atoms with van der Waals surface area (Å²) in [7, 11) is 0. The highest BCUT2D eigenvalue weighted by Gasteiger charge is 2.43. The van der Waals surface area contributed by atoms with Crippen LogP contribution in [0.15, 0.2) is 4.42 Å². The topological polar surface area (TPSA) is 68.0 Å². The zero-order valence-corrected chi connectivity index (χ0v) is 14.5. The zero-order chi connectivity index (χ0) is 16.4. The molecular formula is C19H29N3O2. The lowest BCUT2D eigenvalue weighted by molar-refractivity contribution is -0.121. The molecule has 0 unspecified atom stereocenters. The van der Waals surface area contributed by atoms with E-state index < -0.39 is 0 Å². The van der Waals surface area contributed by atoms with Gasteiger partial charge in [0.1, 0.15) is 0 Å². The number of aryl methyl sites for hydroxylation is 1. The number of hydrogen-bond acceptors (Lipinski definition) is 4. The SMILES string of the molecule is O=C(CCc1nnc(C2CCCC2)o1)N[C@@H]1C[C@H]1C1CCCCC1. The first-order valence-corrected chi connectivity index (χ1v) is 9.91. The van der Waals surface area contributed by atoms with Crippen molar-refractivity contribution in [1.29, 1.82) is 0 Å². The molecule has 0 aromatic carbocycles. The van der Waals surface area contributed by atoms with Gasteiger partial charge in [-0.25, -0.2) is 0 Å². The van der Waals surface area contributed by atoms with Crippen molar-refractivity contribution in [3.05, 3.63) is 11.8 Å². The Labute approximate surface area is 144 Å². The van der Waals surface area contributed by atoms with Gasteiger partial charge in [0.05, 0.1) is 0 Å². The Kier molecular flexibility index (Phi) is 4.86. The second kappa shape index (κ2) is 7.24. The molecule has 0 bridgehead atoms. The van der Waals surface area contributed by atoms with Gasteiger partial charge in [0.2, 0.25) is 17.7 Å². The van der Waals surface area contributed by atoms with Gasteiger partial charge in [-0.05, 0) is 31.1 Å². The fourth-order valence-corrected chi connectivity index (χ4v) is 4.67. The van der Waals surface area contributed by atoms with E-state index in [1.54, 1.807) is 0 Å². The van der Waals surface area contributed by atoms with Crippen molar-refractivity contribution in [2.75, 3.05) is 0 Å². The lowest BCUT2D eigenvalue weighted by Crippen LogP contribution is -2.28. The van der Waals surface area contributed by atoms with E-state index in [9.17, 15) is 4.79 Å². The first-order chi connectivity index (χ1) is 11.8. The van der Waals surface area contributed by atoms with Crippen LogP contribution in [-0.4, -0.2) is 22.1 Å². The molecule has 4 rings (SSSR count). The summed E-state index contributed by atoms with van der Waals surface area (Å²) in [5, 5.41) is 11.5. The number of rotatable bonds is 6. The predicted octanol–water partition coefficient (Wildman–Crippen LogP) is 3.74. The molecule has 2 atom stereocenters. The van der Waals surface area contributed by atoms with Crippen LogP contribution in [0.4, 0.5) is 0 Å². The second-order valence-electron chi connectivity index (χ2n) is 7.99. The normalized spacial score (nSPS) is 28.2. The number of carbonyl (C=O) groups excluding carboxylic acids is 1. The summed E-state index contributed by atoms with van der Waals surface area (Å²) in [6, 6.07) is 0.428. The minimum Gasteiger partial charge on any atom is -0.425 e. The van der Waals surface area contributed by atoms with Gasteiger partial charge in [0.15, 0.2) is 0 Å². The maximum absolute atomic E-state index is 12.2. The zero-order valence-electron chi connectivity index (χ0n) is 14.5. The minimum absolute atomic E-state index is 0.138. The fourth-order valence-electron chi connectivity index (χ4n) is 4.67. The van der Waals surface area contributed by atoms with E-state index in [0.717, 1.165) is 30.6 Å². The average Bonchev–Trinajstić information content (AvgIpc) is 3.03. The molecule has 0 aliphatic heterocycles. The van der Waals surface area contributed by atoms with Crippen LogP contribution in [0.1, 0.15) is 88.3 Å². The van der Waals surface area contributed by atoms with E-state index in [1.165, 1.54) is 51.4 Å². The van der Waals surface area contributed by atoms with E-state index in [0.29, 0.717) is 30.7 Å². The molecule has 0 saturated heterocycles. The molecular weight excluding hydrogens is 302 g/mol. The van der Waals surface area contributed by atoms with Crippen molar-refractivity contribution in [2.24, 2.45) is 11.8 Å². The van der Waals surface area contributed by atoms with Gasteiger partial charge in [-0.2, -0.15) is 0 Å². The van der Waals surface area contributed by atoms with Gasteiger partial charge in [-0.1, -0.05) is 44.9 Å². The number of aromatic nitrogens is 2. The molecule has 1 aromatic heterocycles. The summed E-state index contributed by atoms with van der Waals surface area (Å²) in [5.41, 5.74) is 0. The maximum atomic E-state index is 12.2. The van der Waals surface area contributed by atoms with Crippen molar-refractivity contribution in [3.8, 4) is 0 Å². The molecule has 0 radical (unpaired) electrons. The van der Waals surface area contributed by atoms with Crippen molar-refractivity contribution in [3.63, 3.8) is 0 Å². The second-order valence-corrected chi connectivity index (χ2v) is 7.99. The molecule has 1 heterocycles. The van der Waals surface area contributed by atoms with E-state index in [2.05, 4.69) is 15.5 Å². The predicted molar refractivity (Wildman–Crippen MR) is 90.4 cm³/mol. The molecule has 1 amide bonds. The van der Waals surface area contributed by atoms with Gasteiger partial charge >= 0.3 is 0 Å². The van der Waals surface area contributed by atoms with Gasteiger partial charge < -0.3 is 9.73 Å². The molecule has 1 aromatic rings. The molecule has 3 fully saturated rings. The summed E-state index contributed by atoms with van der Waals surface area (Å²) >= 11 is 0. The van der Waals surface area contributed by atoms with Crippen LogP contribution in [0.2, 0.25) is 0 Å². The van der Waals surface area contributed by atoms with Crippen molar-refractivity contribution < 1.29 is 9.21 Å². The summed E-state index contributed by atoms with van der Waals surface area (Å²) in [6.07, 6.45) is 13.9. The third kappa shape index (κ3) is 3.81. The Morgan fingerprint density at radius 3 is 2.58 bits per heavy atom. The molecule has 5 heteroatoms. The molecule has 3 aliphatic carbocycles. The summed E-state index contributed by atoms with van der Waals surface area (Å²) in [4.78, 5) is 12.2. The number of nitrogens with zero attached hydrogens (tertiary/aromatic N) is 2. The van der Waals surface area contributed by atoms with Crippen molar-refractivity contribution in [1.82, 2.24) is 15.5 Å².